The topological polar surface area (TPSA) is 72.8 Å². The summed E-state index contributed by atoms with van der Waals surface area (Å²) in [5.74, 6) is -0.0352. The molecule has 1 unspecified atom stereocenters. The van der Waals surface area contributed by atoms with E-state index in [-0.39, 0.29) is 18.0 Å². The van der Waals surface area contributed by atoms with Crippen molar-refractivity contribution in [1.29, 1.82) is 0 Å². The highest BCUT2D eigenvalue weighted by molar-refractivity contribution is 5.93. The largest absolute Gasteiger partial charge is 0.354 e. The summed E-state index contributed by atoms with van der Waals surface area (Å²) in [6.07, 6.45) is 3.41. The number of fused-ring (bicyclic) bond motifs is 3. The van der Waals surface area contributed by atoms with Crippen molar-refractivity contribution >= 4 is 22.5 Å². The molecule has 1 aromatic carbocycles. The number of hydrogen-bond acceptors (Lipinski definition) is 3. The van der Waals surface area contributed by atoms with Crippen LogP contribution in [0, 0.1) is 6.92 Å². The van der Waals surface area contributed by atoms with Crippen molar-refractivity contribution < 1.29 is 9.69 Å². The van der Waals surface area contributed by atoms with Gasteiger partial charge >= 0.3 is 0 Å². The van der Waals surface area contributed by atoms with Gasteiger partial charge in [0.05, 0.1) is 25.7 Å². The van der Waals surface area contributed by atoms with Gasteiger partial charge < -0.3 is 10.2 Å². The molecule has 1 atom stereocenters. The van der Waals surface area contributed by atoms with Crippen LogP contribution in [-0.4, -0.2) is 46.8 Å². The predicted octanol–water partition coefficient (Wildman–Crippen LogP) is 0.779. The lowest BCUT2D eigenvalue weighted by molar-refractivity contribution is -0.879. The van der Waals surface area contributed by atoms with E-state index < -0.39 is 0 Å². The Labute approximate surface area is 164 Å². The van der Waals surface area contributed by atoms with E-state index in [0.717, 1.165) is 29.6 Å². The molecule has 0 aliphatic rings. The molecule has 0 spiro atoms. The number of quaternary nitrogens is 1. The van der Waals surface area contributed by atoms with Gasteiger partial charge in [0.1, 0.15) is 6.54 Å². The average Bonchev–Trinajstić information content (AvgIpc) is 2.97. The number of nitrogens with one attached hydrogen (secondary N) is 2. The van der Waals surface area contributed by atoms with E-state index in [1.54, 1.807) is 0 Å². The van der Waals surface area contributed by atoms with E-state index in [2.05, 4.69) is 24.3 Å². The fourth-order valence-electron chi connectivity index (χ4n) is 3.63. The molecule has 2 aromatic heterocycles. The maximum atomic E-state index is 12.6. The van der Waals surface area contributed by atoms with Crippen LogP contribution >= 0.6 is 0 Å². The van der Waals surface area contributed by atoms with Crippen LogP contribution in [-0.2, 0) is 11.3 Å². The minimum absolute atomic E-state index is 0.0352. The Morgan fingerprint density at radius 3 is 2.75 bits per heavy atom. The molecule has 2 heterocycles. The van der Waals surface area contributed by atoms with Gasteiger partial charge in [-0.2, -0.15) is 4.98 Å². The number of para-hydroxylation sites is 1. The lowest BCUT2D eigenvalue weighted by Gasteiger charge is -2.14. The number of unbranched alkanes of at least 4 members (excludes halogenated alkanes) is 1. The zero-order chi connectivity index (χ0) is 20.1. The number of carbonyl (C=O) groups excluding carboxylic acids is 1. The van der Waals surface area contributed by atoms with Crippen LogP contribution in [0.3, 0.4) is 0 Å². The van der Waals surface area contributed by atoms with Crippen molar-refractivity contribution in [1.82, 2.24) is 19.5 Å². The van der Waals surface area contributed by atoms with Crippen LogP contribution in [0.1, 0.15) is 31.9 Å². The third-order valence-corrected chi connectivity index (χ3v) is 5.10. The Bertz CT molecular complexity index is 1020. The number of amides is 1. The van der Waals surface area contributed by atoms with Crippen molar-refractivity contribution in [2.75, 3.05) is 26.7 Å². The highest BCUT2D eigenvalue weighted by Crippen LogP contribution is 2.21. The smallest absolute Gasteiger partial charge is 0.273 e. The highest BCUT2D eigenvalue weighted by atomic mass is 16.2. The van der Waals surface area contributed by atoms with E-state index in [9.17, 15) is 9.59 Å². The molecule has 0 saturated heterocycles. The summed E-state index contributed by atoms with van der Waals surface area (Å²) >= 11 is 0. The van der Waals surface area contributed by atoms with Gasteiger partial charge in [0, 0.05) is 30.1 Å². The normalized spacial score (nSPS) is 12.5. The molecule has 0 aliphatic heterocycles. The van der Waals surface area contributed by atoms with Gasteiger partial charge in [-0.15, -0.1) is 0 Å². The van der Waals surface area contributed by atoms with Gasteiger partial charge in [0.25, 0.3) is 5.56 Å². The molecule has 28 heavy (non-hydrogen) atoms. The maximum Gasteiger partial charge on any atom is 0.273 e. The number of aryl methyl sites for hydroxylation is 1. The lowest BCUT2D eigenvalue weighted by atomic mass is 10.2. The number of carbonyl (C=O) groups is 1. The second kappa shape index (κ2) is 9.01. The summed E-state index contributed by atoms with van der Waals surface area (Å²) in [5, 5.41) is 3.90. The molecule has 3 rings (SSSR count). The molecule has 150 valence electrons. The first-order valence-electron chi connectivity index (χ1n) is 10.1. The quantitative estimate of drug-likeness (QED) is 0.536. The van der Waals surface area contributed by atoms with Gasteiger partial charge in [0.2, 0.25) is 5.91 Å². The molecule has 0 aliphatic carbocycles. The molecule has 7 nitrogen and oxygen atoms in total. The molecule has 0 saturated carbocycles. The standard InChI is InChI=1S/C21H29N5O2/c1-4-5-12-24(3)13-8-11-22-20(28)15-25-18-10-7-6-9-17(18)21-23-19(27)14-16(2)26(21)25/h6-7,9-10,14H,4-5,8,11-13,15H2,1-3H3,(H,22,28)/p+1. The monoisotopic (exact) mass is 384 g/mol. The summed E-state index contributed by atoms with van der Waals surface area (Å²) < 4.78 is 3.74. The Kier molecular flexibility index (Phi) is 6.46. The summed E-state index contributed by atoms with van der Waals surface area (Å²) in [7, 11) is 2.20. The zero-order valence-electron chi connectivity index (χ0n) is 17.0. The number of benzene rings is 1. The Morgan fingerprint density at radius 2 is 1.96 bits per heavy atom. The Morgan fingerprint density at radius 1 is 1.21 bits per heavy atom. The van der Waals surface area contributed by atoms with Crippen LogP contribution in [0.4, 0.5) is 0 Å². The minimum Gasteiger partial charge on any atom is -0.354 e. The van der Waals surface area contributed by atoms with Crippen molar-refractivity contribution in [2.45, 2.75) is 39.7 Å². The number of aromatic nitrogens is 3. The van der Waals surface area contributed by atoms with Crippen LogP contribution in [0.15, 0.2) is 35.1 Å². The Balaban J connectivity index is 1.71. The van der Waals surface area contributed by atoms with Crippen molar-refractivity contribution in [3.05, 3.63) is 46.4 Å². The number of nitrogens with zero attached hydrogens (tertiary/aromatic N) is 3. The second-order valence-corrected chi connectivity index (χ2v) is 7.46. The van der Waals surface area contributed by atoms with Crippen LogP contribution in [0.5, 0.6) is 0 Å². The van der Waals surface area contributed by atoms with E-state index in [1.165, 1.54) is 30.4 Å². The fraction of sp³-hybridized carbons (Fsp3) is 0.476. The first kappa shape index (κ1) is 20.1. The molecule has 1 amide bonds. The SMILES string of the molecule is CCCC[NH+](C)CCCNC(=O)Cn1c2ccccc2c2nc(=O)cc(C)n21. The van der Waals surface area contributed by atoms with Gasteiger partial charge in [-0.05, 0) is 25.5 Å². The molecule has 2 N–H and O–H groups in total. The van der Waals surface area contributed by atoms with E-state index >= 15 is 0 Å². The fourth-order valence-corrected chi connectivity index (χ4v) is 3.63. The molecule has 0 bridgehead atoms. The van der Waals surface area contributed by atoms with Gasteiger partial charge in [0.15, 0.2) is 5.65 Å². The van der Waals surface area contributed by atoms with E-state index in [0.29, 0.717) is 12.2 Å². The van der Waals surface area contributed by atoms with Crippen LogP contribution in [0.2, 0.25) is 0 Å². The molecule has 0 fully saturated rings. The molecule has 3 aromatic rings. The third kappa shape index (κ3) is 4.42. The van der Waals surface area contributed by atoms with Gasteiger partial charge in [-0.3, -0.25) is 14.3 Å². The molecule has 0 radical (unpaired) electrons. The number of rotatable bonds is 9. The second-order valence-electron chi connectivity index (χ2n) is 7.46. The summed E-state index contributed by atoms with van der Waals surface area (Å²) in [6.45, 7) is 7.16. The van der Waals surface area contributed by atoms with Crippen LogP contribution < -0.4 is 15.8 Å². The van der Waals surface area contributed by atoms with Crippen molar-refractivity contribution in [3.8, 4) is 0 Å². The molecular weight excluding hydrogens is 354 g/mol. The maximum absolute atomic E-state index is 12.6. The van der Waals surface area contributed by atoms with Crippen LogP contribution in [0.25, 0.3) is 16.6 Å². The van der Waals surface area contributed by atoms with E-state index in [1.807, 2.05) is 40.4 Å². The summed E-state index contributed by atoms with van der Waals surface area (Å²) in [6, 6.07) is 9.22. The average molecular weight is 385 g/mol. The van der Waals surface area contributed by atoms with Crippen molar-refractivity contribution in [3.63, 3.8) is 0 Å². The first-order valence-corrected chi connectivity index (χ1v) is 10.1. The Hall–Kier alpha value is -2.67. The predicted molar refractivity (Wildman–Crippen MR) is 111 cm³/mol. The van der Waals surface area contributed by atoms with Gasteiger partial charge in [-0.25, -0.2) is 4.52 Å². The third-order valence-electron chi connectivity index (χ3n) is 5.10. The zero-order valence-corrected chi connectivity index (χ0v) is 17.0. The number of hydrogen-bond donors (Lipinski definition) is 2. The summed E-state index contributed by atoms with van der Waals surface area (Å²) in [4.78, 5) is 30.1. The van der Waals surface area contributed by atoms with Gasteiger partial charge in [-0.1, -0.05) is 25.5 Å². The van der Waals surface area contributed by atoms with E-state index in [4.69, 9.17) is 0 Å². The molecular formula is C21H30N5O2+. The first-order chi connectivity index (χ1) is 13.5. The minimum atomic E-state index is -0.264. The summed E-state index contributed by atoms with van der Waals surface area (Å²) in [5.41, 5.74) is 1.98. The molecule has 7 heteroatoms. The van der Waals surface area contributed by atoms with Crippen molar-refractivity contribution in [2.24, 2.45) is 0 Å². The lowest BCUT2D eigenvalue weighted by Crippen LogP contribution is -3.09. The highest BCUT2D eigenvalue weighted by Gasteiger charge is 2.15.